The number of hydrogen-bond donors (Lipinski definition) is 4. The number of carbonyl (C=O) groups excluding carboxylic acids is 4. The van der Waals surface area contributed by atoms with Crippen LogP contribution in [0, 0.1) is 11.3 Å². The van der Waals surface area contributed by atoms with Crippen molar-refractivity contribution >= 4 is 61.2 Å². The molecule has 4 heterocycles. The van der Waals surface area contributed by atoms with E-state index in [1.807, 2.05) is 58.2 Å². The van der Waals surface area contributed by atoms with Crippen molar-refractivity contribution in [3.05, 3.63) is 41.8 Å². The zero-order valence-corrected chi connectivity index (χ0v) is 37.2. The van der Waals surface area contributed by atoms with Crippen LogP contribution in [0.3, 0.4) is 0 Å². The van der Waals surface area contributed by atoms with Crippen LogP contribution < -0.4 is 30.1 Å². The molecule has 16 nitrogen and oxygen atoms in total. The van der Waals surface area contributed by atoms with Crippen LogP contribution in [0.5, 0.6) is 11.5 Å². The molecule has 2 aliphatic heterocycles. The van der Waals surface area contributed by atoms with E-state index in [0.717, 1.165) is 30.8 Å². The Morgan fingerprint density at radius 3 is 2.52 bits per heavy atom. The number of anilines is 1. The van der Waals surface area contributed by atoms with Crippen LogP contribution in [-0.4, -0.2) is 102 Å². The number of rotatable bonds is 11. The summed E-state index contributed by atoms with van der Waals surface area (Å²) in [5.74, 6) is -1.62. The van der Waals surface area contributed by atoms with Crippen LogP contribution in [0.25, 0.3) is 22.3 Å². The predicted molar refractivity (Wildman–Crippen MR) is 232 cm³/mol. The molecule has 4 N–H and O–H groups in total. The summed E-state index contributed by atoms with van der Waals surface area (Å²) in [6, 6.07) is 5.12. The van der Waals surface area contributed by atoms with E-state index in [9.17, 15) is 27.6 Å². The van der Waals surface area contributed by atoms with Crippen molar-refractivity contribution in [3.63, 3.8) is 0 Å². The van der Waals surface area contributed by atoms with Gasteiger partial charge in [0, 0.05) is 41.3 Å². The van der Waals surface area contributed by atoms with E-state index in [1.165, 1.54) is 16.2 Å². The summed E-state index contributed by atoms with van der Waals surface area (Å²) in [5, 5.41) is 12.3. The number of pyridine rings is 1. The summed E-state index contributed by atoms with van der Waals surface area (Å²) in [4.78, 5) is 67.6. The Balaban J connectivity index is 1.22. The SMILES string of the molecule is COc1ccc2c(O[C@@H]3C[C@@H](C(=O)N[C@]45CC4C=CCCCCS(=O)(=O)NC5=O)N(C(=O)[C@@H](NC(=O)OC4CCCC4)C(C)(C)C)C3)cc(-c3csc(NC(C)C)n3)nc2c1. The zero-order valence-electron chi connectivity index (χ0n) is 35.6. The normalized spacial score (nSPS) is 24.6. The molecule has 4 amide bonds. The summed E-state index contributed by atoms with van der Waals surface area (Å²) in [7, 11) is -2.38. The monoisotopic (exact) mass is 879 g/mol. The summed E-state index contributed by atoms with van der Waals surface area (Å²) in [6.45, 7) is 9.46. The van der Waals surface area contributed by atoms with Gasteiger partial charge in [0.25, 0.3) is 5.91 Å². The van der Waals surface area contributed by atoms with Crippen molar-refractivity contribution in [1.29, 1.82) is 0 Å². The van der Waals surface area contributed by atoms with Gasteiger partial charge in [-0.1, -0.05) is 32.9 Å². The first-order valence-corrected chi connectivity index (χ1v) is 23.7. The topological polar surface area (TPSA) is 207 Å². The van der Waals surface area contributed by atoms with Gasteiger partial charge in [0.2, 0.25) is 21.8 Å². The largest absolute Gasteiger partial charge is 0.497 e. The number of aromatic nitrogens is 2. The van der Waals surface area contributed by atoms with Gasteiger partial charge < -0.3 is 35.1 Å². The number of allylic oxidation sites excluding steroid dienone is 1. The van der Waals surface area contributed by atoms with Gasteiger partial charge in [0.15, 0.2) is 5.13 Å². The van der Waals surface area contributed by atoms with Crippen molar-refractivity contribution in [1.82, 2.24) is 30.2 Å². The minimum absolute atomic E-state index is 0.0198. The number of ether oxygens (including phenoxy) is 3. The molecule has 61 heavy (non-hydrogen) atoms. The molecular formula is C43H57N7O9S2. The summed E-state index contributed by atoms with van der Waals surface area (Å²) >= 11 is 1.45. The maximum Gasteiger partial charge on any atom is 0.408 e. The van der Waals surface area contributed by atoms with Crippen LogP contribution in [-0.2, 0) is 29.1 Å². The quantitative estimate of drug-likeness (QED) is 0.172. The molecule has 7 rings (SSSR count). The molecule has 3 fully saturated rings. The number of methoxy groups -OCH3 is 1. The Hall–Kier alpha value is -4.97. The van der Waals surface area contributed by atoms with Crippen LogP contribution in [0.2, 0.25) is 0 Å². The second-order valence-electron chi connectivity index (χ2n) is 17.9. The molecule has 5 atom stereocenters. The highest BCUT2D eigenvalue weighted by Gasteiger charge is 2.61. The molecule has 3 aromatic rings. The van der Waals surface area contributed by atoms with Crippen molar-refractivity contribution in [2.75, 3.05) is 24.7 Å². The van der Waals surface area contributed by atoms with Gasteiger partial charge in [0.05, 0.1) is 30.6 Å². The molecule has 1 saturated heterocycles. The fourth-order valence-corrected chi connectivity index (χ4v) is 10.3. The minimum atomic E-state index is -3.95. The molecule has 0 radical (unpaired) electrons. The van der Waals surface area contributed by atoms with Crippen LogP contribution >= 0.6 is 11.3 Å². The Morgan fingerprint density at radius 1 is 1.03 bits per heavy atom. The van der Waals surface area contributed by atoms with Crippen molar-refractivity contribution in [2.24, 2.45) is 11.3 Å². The molecule has 2 aromatic heterocycles. The van der Waals surface area contributed by atoms with Crippen molar-refractivity contribution < 1.29 is 41.8 Å². The Bertz CT molecular complexity index is 2290. The number of likely N-dealkylation sites (tertiary alicyclic amines) is 1. The van der Waals surface area contributed by atoms with Gasteiger partial charge in [-0.25, -0.2) is 23.2 Å². The van der Waals surface area contributed by atoms with Crippen LogP contribution in [0.4, 0.5) is 9.93 Å². The molecule has 4 aliphatic rings. The molecule has 0 spiro atoms. The average molecular weight is 880 g/mol. The van der Waals surface area contributed by atoms with Crippen LogP contribution in [0.15, 0.2) is 41.8 Å². The van der Waals surface area contributed by atoms with E-state index in [1.54, 1.807) is 25.3 Å². The van der Waals surface area contributed by atoms with E-state index in [0.29, 0.717) is 53.1 Å². The first-order valence-electron chi connectivity index (χ1n) is 21.1. The lowest BCUT2D eigenvalue weighted by Gasteiger charge is -2.35. The second kappa shape index (κ2) is 17.8. The third kappa shape index (κ3) is 10.2. The molecule has 18 heteroatoms. The van der Waals surface area contributed by atoms with E-state index < -0.39 is 68.9 Å². The highest BCUT2D eigenvalue weighted by molar-refractivity contribution is 7.90. The van der Waals surface area contributed by atoms with Gasteiger partial charge >= 0.3 is 6.09 Å². The molecular weight excluding hydrogens is 823 g/mol. The first-order chi connectivity index (χ1) is 28.9. The van der Waals surface area contributed by atoms with Gasteiger partial charge in [-0.3, -0.25) is 19.1 Å². The van der Waals surface area contributed by atoms with Crippen molar-refractivity contribution in [3.8, 4) is 22.9 Å². The number of alkyl carbamates (subject to hydrolysis) is 1. The molecule has 330 valence electrons. The number of hydrogen-bond acceptors (Lipinski definition) is 13. The van der Waals surface area contributed by atoms with E-state index in [-0.39, 0.29) is 37.3 Å². The highest BCUT2D eigenvalue weighted by Crippen LogP contribution is 2.46. The third-order valence-electron chi connectivity index (χ3n) is 11.7. The Morgan fingerprint density at radius 2 is 1.80 bits per heavy atom. The first kappa shape index (κ1) is 44.1. The third-order valence-corrected chi connectivity index (χ3v) is 13.8. The molecule has 1 aromatic carbocycles. The van der Waals surface area contributed by atoms with Gasteiger partial charge in [-0.15, -0.1) is 11.3 Å². The summed E-state index contributed by atoms with van der Waals surface area (Å²) in [6.07, 6.45) is 7.34. The number of thiazole rings is 1. The number of amides is 4. The van der Waals surface area contributed by atoms with E-state index >= 15 is 0 Å². The molecule has 2 aliphatic carbocycles. The van der Waals surface area contributed by atoms with E-state index in [2.05, 4.69) is 20.7 Å². The maximum atomic E-state index is 14.8. The number of benzene rings is 1. The van der Waals surface area contributed by atoms with Crippen molar-refractivity contribution in [2.45, 2.75) is 128 Å². The summed E-state index contributed by atoms with van der Waals surface area (Å²) in [5.41, 5.74) is -0.595. The molecule has 1 unspecified atom stereocenters. The lowest BCUT2D eigenvalue weighted by molar-refractivity contribution is -0.143. The maximum absolute atomic E-state index is 14.8. The lowest BCUT2D eigenvalue weighted by Crippen LogP contribution is -2.60. The second-order valence-corrected chi connectivity index (χ2v) is 20.6. The molecule has 2 saturated carbocycles. The zero-order chi connectivity index (χ0) is 43.7. The standard InChI is InChI=1S/C43H57N7O9S2/c1-25(2)44-40-46-33(24-60-40)32-21-35(30-17-16-28(57-6)19-31(30)45-32)58-29-20-34(37(51)48-43-22-26(43)13-9-7-8-12-18-61(55,56)49-39(43)53)50(23-29)38(52)36(42(3,4)5)47-41(54)59-27-14-10-11-15-27/h9,13,16-17,19,21,24-27,29,34,36H,7-8,10-12,14-15,18,20,22-23H2,1-6H3,(H,44,46)(H,47,54)(H,48,51)(H,49,53)/t26?,29-,34+,36-,43-/m1/s1. The number of carbonyl (C=O) groups is 4. The fraction of sp³-hybridized carbons (Fsp3) is 0.581. The van der Waals surface area contributed by atoms with Gasteiger partial charge in [0.1, 0.15) is 47.0 Å². The fourth-order valence-electron chi connectivity index (χ4n) is 8.30. The Kier molecular flexibility index (Phi) is 12.9. The minimum Gasteiger partial charge on any atom is -0.497 e. The lowest BCUT2D eigenvalue weighted by atomic mass is 9.85. The van der Waals surface area contributed by atoms with Gasteiger partial charge in [-0.05, 0) is 82.8 Å². The highest BCUT2D eigenvalue weighted by atomic mass is 32.2. The summed E-state index contributed by atoms with van der Waals surface area (Å²) < 4.78 is 45.9. The van der Waals surface area contributed by atoms with Gasteiger partial charge in [-0.2, -0.15) is 0 Å². The van der Waals surface area contributed by atoms with E-state index in [4.69, 9.17) is 24.2 Å². The smallest absolute Gasteiger partial charge is 0.408 e. The van der Waals surface area contributed by atoms with Crippen LogP contribution in [0.1, 0.15) is 92.4 Å². The number of nitrogens with zero attached hydrogens (tertiary/aromatic N) is 3. The predicted octanol–water partition coefficient (Wildman–Crippen LogP) is 5.68. The number of nitrogens with one attached hydrogen (secondary N) is 4. The average Bonchev–Trinajstić information content (AvgIpc) is 3.62. The number of sulfonamides is 1. The number of fused-ring (bicyclic) bond motifs is 2. The molecule has 0 bridgehead atoms. The Labute approximate surface area is 361 Å².